The second-order valence-corrected chi connectivity index (χ2v) is 6.66. The molecule has 4 aromatic rings. The van der Waals surface area contributed by atoms with Crippen LogP contribution in [0.5, 0.6) is 0 Å². The predicted octanol–water partition coefficient (Wildman–Crippen LogP) is 5.30. The Morgan fingerprint density at radius 1 is 0.720 bits per heavy atom. The van der Waals surface area contributed by atoms with Crippen molar-refractivity contribution in [3.8, 4) is 16.9 Å². The highest BCUT2D eigenvalue weighted by Gasteiger charge is 2.20. The first kappa shape index (κ1) is 15.6. The third-order valence-electron chi connectivity index (χ3n) is 4.10. The Bertz CT molecular complexity index is 932. The van der Waals surface area contributed by atoms with E-state index in [1.54, 1.807) is 11.3 Å². The molecule has 25 heavy (non-hydrogen) atoms. The first-order chi connectivity index (χ1) is 12.4. The van der Waals surface area contributed by atoms with Gasteiger partial charge in [-0.2, -0.15) is 4.57 Å². The predicted molar refractivity (Wildman–Crippen MR) is 105 cm³/mol. The fraction of sp³-hybridized carbons (Fsp3) is 0.0455. The molecular weight excluding hydrogens is 324 g/mol. The maximum Gasteiger partial charge on any atom is 0.339 e. The monoisotopic (exact) mass is 343 g/mol. The summed E-state index contributed by atoms with van der Waals surface area (Å²) in [7, 11) is 0. The van der Waals surface area contributed by atoms with Crippen molar-refractivity contribution in [1.29, 1.82) is 0 Å². The molecule has 1 aromatic heterocycles. The van der Waals surface area contributed by atoms with Gasteiger partial charge in [0.15, 0.2) is 5.69 Å². The summed E-state index contributed by atoms with van der Waals surface area (Å²) in [5.74, 6) is 0. The summed E-state index contributed by atoms with van der Waals surface area (Å²) >= 11 is 1.74. The van der Waals surface area contributed by atoms with Crippen LogP contribution in [0.25, 0.3) is 16.9 Å². The van der Waals surface area contributed by atoms with Gasteiger partial charge < -0.3 is 0 Å². The second kappa shape index (κ2) is 7.32. The third kappa shape index (κ3) is 3.47. The third-order valence-corrected chi connectivity index (χ3v) is 4.99. The molecule has 0 bridgehead atoms. The number of thiazole rings is 1. The van der Waals surface area contributed by atoms with Gasteiger partial charge in [-0.1, -0.05) is 90.2 Å². The number of aromatic nitrogens is 1. The SMILES string of the molecule is c1ccc(CNc2scc(-c3ccccc3)[n+]2-c2ccccc2)cc1. The molecule has 0 amide bonds. The van der Waals surface area contributed by atoms with Crippen molar-refractivity contribution < 1.29 is 4.57 Å². The number of rotatable bonds is 5. The van der Waals surface area contributed by atoms with Crippen LogP contribution in [0.4, 0.5) is 5.13 Å². The summed E-state index contributed by atoms with van der Waals surface area (Å²) in [5, 5.41) is 6.95. The Labute approximate surface area is 152 Å². The highest BCUT2D eigenvalue weighted by molar-refractivity contribution is 7.13. The van der Waals surface area contributed by atoms with Gasteiger partial charge in [0.05, 0.1) is 0 Å². The molecule has 0 unspecified atom stereocenters. The lowest BCUT2D eigenvalue weighted by molar-refractivity contribution is -0.564. The van der Waals surface area contributed by atoms with Gasteiger partial charge in [-0.25, -0.2) is 0 Å². The molecule has 0 radical (unpaired) electrons. The number of para-hydroxylation sites is 1. The molecule has 2 nitrogen and oxygen atoms in total. The Kier molecular flexibility index (Phi) is 4.57. The molecular formula is C22H19N2S+. The van der Waals surface area contributed by atoms with Crippen LogP contribution in [0.3, 0.4) is 0 Å². The molecule has 0 spiro atoms. The van der Waals surface area contributed by atoms with Crippen LogP contribution in [0.15, 0.2) is 96.4 Å². The lowest BCUT2D eigenvalue weighted by Gasteiger charge is -2.06. The van der Waals surface area contributed by atoms with E-state index in [1.165, 1.54) is 16.8 Å². The summed E-state index contributed by atoms with van der Waals surface area (Å²) < 4.78 is 2.29. The molecule has 3 aromatic carbocycles. The zero-order valence-corrected chi connectivity index (χ0v) is 14.6. The summed E-state index contributed by atoms with van der Waals surface area (Å²) in [6.07, 6.45) is 0. The van der Waals surface area contributed by atoms with Gasteiger partial charge in [0.1, 0.15) is 12.2 Å². The smallest absolute Gasteiger partial charge is 0.260 e. The molecule has 122 valence electrons. The Hall–Kier alpha value is -2.91. The Balaban J connectivity index is 1.73. The quantitative estimate of drug-likeness (QED) is 0.486. The normalized spacial score (nSPS) is 10.6. The van der Waals surface area contributed by atoms with Gasteiger partial charge in [-0.05, 0) is 17.7 Å². The molecule has 3 heteroatoms. The van der Waals surface area contributed by atoms with E-state index in [2.05, 4.69) is 100 Å². The Morgan fingerprint density at radius 3 is 2.00 bits per heavy atom. The van der Waals surface area contributed by atoms with Crippen molar-refractivity contribution in [2.24, 2.45) is 0 Å². The number of hydrogen-bond donors (Lipinski definition) is 1. The van der Waals surface area contributed by atoms with Crippen LogP contribution in [0, 0.1) is 0 Å². The topological polar surface area (TPSA) is 15.9 Å². The van der Waals surface area contributed by atoms with Crippen LogP contribution in [0.2, 0.25) is 0 Å². The highest BCUT2D eigenvalue weighted by Crippen LogP contribution is 2.25. The fourth-order valence-electron chi connectivity index (χ4n) is 2.86. The maximum atomic E-state index is 3.60. The summed E-state index contributed by atoms with van der Waals surface area (Å²) in [6.45, 7) is 0.808. The standard InChI is InChI=1S/C22H18N2S/c1-4-10-18(11-5-1)16-23-22-24(20-14-8-3-9-15-20)21(17-25-22)19-12-6-2-7-13-19/h1-15,17H,16H2/p+1. The van der Waals surface area contributed by atoms with Crippen molar-refractivity contribution in [1.82, 2.24) is 0 Å². The molecule has 0 fully saturated rings. The van der Waals surface area contributed by atoms with Crippen molar-refractivity contribution in [3.05, 3.63) is 102 Å². The molecule has 0 aliphatic carbocycles. The van der Waals surface area contributed by atoms with Gasteiger partial charge in [0.2, 0.25) is 0 Å². The van der Waals surface area contributed by atoms with Gasteiger partial charge in [-0.3, -0.25) is 5.32 Å². The van der Waals surface area contributed by atoms with Crippen LogP contribution >= 0.6 is 11.3 Å². The summed E-state index contributed by atoms with van der Waals surface area (Å²) in [5.41, 5.74) is 4.86. The lowest BCUT2D eigenvalue weighted by Crippen LogP contribution is -2.34. The molecule has 4 rings (SSSR count). The second-order valence-electron chi connectivity index (χ2n) is 5.80. The van der Waals surface area contributed by atoms with Gasteiger partial charge in [0.25, 0.3) is 0 Å². The van der Waals surface area contributed by atoms with Crippen LogP contribution in [-0.4, -0.2) is 0 Å². The minimum atomic E-state index is 0.808. The van der Waals surface area contributed by atoms with E-state index in [9.17, 15) is 0 Å². The average Bonchev–Trinajstić information content (AvgIpc) is 3.12. The van der Waals surface area contributed by atoms with E-state index in [4.69, 9.17) is 0 Å². The molecule has 0 saturated carbocycles. The largest absolute Gasteiger partial charge is 0.339 e. The van der Waals surface area contributed by atoms with E-state index in [-0.39, 0.29) is 0 Å². The van der Waals surface area contributed by atoms with Gasteiger partial charge in [-0.15, -0.1) is 0 Å². The number of nitrogens with zero attached hydrogens (tertiary/aromatic N) is 1. The molecule has 1 heterocycles. The van der Waals surface area contributed by atoms with Crippen molar-refractivity contribution >= 4 is 16.5 Å². The van der Waals surface area contributed by atoms with Crippen molar-refractivity contribution in [2.75, 3.05) is 5.32 Å². The van der Waals surface area contributed by atoms with E-state index >= 15 is 0 Å². The summed E-state index contributed by atoms with van der Waals surface area (Å²) in [4.78, 5) is 0. The number of benzene rings is 3. The zero-order valence-electron chi connectivity index (χ0n) is 13.8. The highest BCUT2D eigenvalue weighted by atomic mass is 32.1. The van der Waals surface area contributed by atoms with Crippen molar-refractivity contribution in [2.45, 2.75) is 6.54 Å². The Morgan fingerprint density at radius 2 is 1.32 bits per heavy atom. The minimum absolute atomic E-state index is 0.808. The minimum Gasteiger partial charge on any atom is -0.260 e. The van der Waals surface area contributed by atoms with Crippen molar-refractivity contribution in [3.63, 3.8) is 0 Å². The van der Waals surface area contributed by atoms with Gasteiger partial charge in [0, 0.05) is 10.9 Å². The number of anilines is 1. The van der Waals surface area contributed by atoms with E-state index in [0.717, 1.165) is 17.4 Å². The van der Waals surface area contributed by atoms with Crippen LogP contribution in [-0.2, 0) is 6.54 Å². The molecule has 0 atom stereocenters. The molecule has 0 aliphatic rings. The van der Waals surface area contributed by atoms with Gasteiger partial charge >= 0.3 is 5.13 Å². The molecule has 0 aliphatic heterocycles. The number of nitrogens with one attached hydrogen (secondary N) is 1. The maximum absolute atomic E-state index is 3.60. The number of hydrogen-bond acceptors (Lipinski definition) is 2. The van der Waals surface area contributed by atoms with Crippen LogP contribution < -0.4 is 9.88 Å². The van der Waals surface area contributed by atoms with E-state index in [1.807, 2.05) is 6.07 Å². The fourth-order valence-corrected chi connectivity index (χ4v) is 3.79. The van der Waals surface area contributed by atoms with Crippen LogP contribution in [0.1, 0.15) is 5.56 Å². The molecule has 0 saturated heterocycles. The summed E-state index contributed by atoms with van der Waals surface area (Å²) in [6, 6.07) is 31.5. The van der Waals surface area contributed by atoms with E-state index < -0.39 is 0 Å². The average molecular weight is 343 g/mol. The first-order valence-corrected chi connectivity index (χ1v) is 9.22. The first-order valence-electron chi connectivity index (χ1n) is 8.34. The zero-order chi connectivity index (χ0) is 16.9. The lowest BCUT2D eigenvalue weighted by atomic mass is 10.1. The molecule has 1 N–H and O–H groups in total. The van der Waals surface area contributed by atoms with E-state index in [0.29, 0.717) is 0 Å².